The topological polar surface area (TPSA) is 53.4 Å². The minimum atomic E-state index is -0.881. The third-order valence-electron chi connectivity index (χ3n) is 2.84. The second-order valence-corrected chi connectivity index (χ2v) is 4.28. The van der Waals surface area contributed by atoms with Gasteiger partial charge in [-0.1, -0.05) is 0 Å². The average molecular weight is 220 g/mol. The van der Waals surface area contributed by atoms with E-state index in [2.05, 4.69) is 9.88 Å². The highest BCUT2D eigenvalue weighted by Crippen LogP contribution is 2.13. The number of nitrogens with zero attached hydrogens (tertiary/aromatic N) is 2. The van der Waals surface area contributed by atoms with Crippen molar-refractivity contribution in [3.63, 3.8) is 0 Å². The van der Waals surface area contributed by atoms with Gasteiger partial charge in [0.15, 0.2) is 0 Å². The van der Waals surface area contributed by atoms with Crippen molar-refractivity contribution in [3.8, 4) is 0 Å². The van der Waals surface area contributed by atoms with Crippen molar-refractivity contribution in [2.45, 2.75) is 26.3 Å². The molecule has 1 aromatic rings. The van der Waals surface area contributed by atoms with Crippen molar-refractivity contribution in [2.24, 2.45) is 0 Å². The monoisotopic (exact) mass is 220 g/mol. The average Bonchev–Trinajstić information content (AvgIpc) is 2.69. The summed E-state index contributed by atoms with van der Waals surface area (Å²) < 4.78 is 0. The van der Waals surface area contributed by atoms with Crippen LogP contribution >= 0.6 is 0 Å². The van der Waals surface area contributed by atoms with Gasteiger partial charge in [0.1, 0.15) is 0 Å². The second kappa shape index (κ2) is 4.61. The van der Waals surface area contributed by atoms with Gasteiger partial charge in [-0.05, 0) is 45.0 Å². The highest BCUT2D eigenvalue weighted by Gasteiger charge is 2.14. The molecule has 0 aromatic carbocycles. The van der Waals surface area contributed by atoms with Crippen molar-refractivity contribution < 1.29 is 9.90 Å². The summed E-state index contributed by atoms with van der Waals surface area (Å²) in [5, 5.41) is 8.95. The number of carboxylic acid groups (broad SMARTS) is 1. The van der Waals surface area contributed by atoms with Gasteiger partial charge in [0.25, 0.3) is 0 Å². The zero-order chi connectivity index (χ0) is 11.5. The van der Waals surface area contributed by atoms with Crippen LogP contribution in [0, 0.1) is 6.92 Å². The van der Waals surface area contributed by atoms with E-state index in [-0.39, 0.29) is 0 Å². The fourth-order valence-electron chi connectivity index (χ4n) is 2.11. The van der Waals surface area contributed by atoms with Gasteiger partial charge in [0, 0.05) is 12.2 Å². The first-order chi connectivity index (χ1) is 7.65. The Labute approximate surface area is 94.9 Å². The molecule has 1 aromatic heterocycles. The van der Waals surface area contributed by atoms with Gasteiger partial charge < -0.3 is 5.11 Å². The molecule has 0 atom stereocenters. The van der Waals surface area contributed by atoms with Gasteiger partial charge >= 0.3 is 5.97 Å². The molecular weight excluding hydrogens is 204 g/mol. The van der Waals surface area contributed by atoms with E-state index in [1.54, 1.807) is 12.1 Å². The molecular formula is C12H16N2O2. The van der Waals surface area contributed by atoms with Crippen molar-refractivity contribution in [2.75, 3.05) is 13.1 Å². The number of hydrogen-bond acceptors (Lipinski definition) is 3. The van der Waals surface area contributed by atoms with Crippen LogP contribution in [0.15, 0.2) is 12.1 Å². The largest absolute Gasteiger partial charge is 0.478 e. The number of aromatic nitrogens is 1. The Hall–Kier alpha value is -1.42. The van der Waals surface area contributed by atoms with Crippen molar-refractivity contribution in [1.29, 1.82) is 0 Å². The van der Waals surface area contributed by atoms with Crippen molar-refractivity contribution in [1.82, 2.24) is 9.88 Å². The molecule has 2 rings (SSSR count). The SMILES string of the molecule is Cc1cc(C(=O)O)cc(CN2CCCC2)n1. The number of carbonyl (C=O) groups is 1. The molecule has 0 unspecified atom stereocenters. The predicted molar refractivity (Wildman–Crippen MR) is 60.4 cm³/mol. The predicted octanol–water partition coefficient (Wildman–Crippen LogP) is 1.68. The molecule has 0 bridgehead atoms. The Morgan fingerprint density at radius 1 is 1.44 bits per heavy atom. The fourth-order valence-corrected chi connectivity index (χ4v) is 2.11. The Bertz CT molecular complexity index is 398. The van der Waals surface area contributed by atoms with E-state index < -0.39 is 5.97 Å². The van der Waals surface area contributed by atoms with Crippen LogP contribution in [0.2, 0.25) is 0 Å². The van der Waals surface area contributed by atoms with Gasteiger partial charge in [0.2, 0.25) is 0 Å². The van der Waals surface area contributed by atoms with E-state index in [4.69, 9.17) is 5.11 Å². The first-order valence-corrected chi connectivity index (χ1v) is 5.58. The minimum Gasteiger partial charge on any atom is -0.478 e. The number of likely N-dealkylation sites (tertiary alicyclic amines) is 1. The van der Waals surface area contributed by atoms with Crippen LogP contribution in [0.3, 0.4) is 0 Å². The van der Waals surface area contributed by atoms with E-state index >= 15 is 0 Å². The Balaban J connectivity index is 2.16. The molecule has 1 N–H and O–H groups in total. The summed E-state index contributed by atoms with van der Waals surface area (Å²) >= 11 is 0. The van der Waals surface area contributed by atoms with Gasteiger partial charge in [0.05, 0.1) is 11.3 Å². The molecule has 0 aliphatic carbocycles. The van der Waals surface area contributed by atoms with E-state index in [9.17, 15) is 4.79 Å². The van der Waals surface area contributed by atoms with Crippen LogP contribution in [-0.2, 0) is 6.54 Å². The molecule has 0 spiro atoms. The number of hydrogen-bond donors (Lipinski definition) is 1. The van der Waals surface area contributed by atoms with Crippen molar-refractivity contribution in [3.05, 3.63) is 29.1 Å². The van der Waals surface area contributed by atoms with Crippen LogP contribution in [0.1, 0.15) is 34.6 Å². The van der Waals surface area contributed by atoms with E-state index in [0.29, 0.717) is 5.56 Å². The molecule has 0 radical (unpaired) electrons. The normalized spacial score (nSPS) is 16.6. The molecule has 1 fully saturated rings. The molecule has 16 heavy (non-hydrogen) atoms. The zero-order valence-corrected chi connectivity index (χ0v) is 9.44. The molecule has 0 saturated carbocycles. The summed E-state index contributed by atoms with van der Waals surface area (Å²) in [5.74, 6) is -0.881. The summed E-state index contributed by atoms with van der Waals surface area (Å²) in [6, 6.07) is 3.28. The standard InChI is InChI=1S/C12H16N2O2/c1-9-6-10(12(15)16)7-11(13-9)8-14-4-2-3-5-14/h6-7H,2-5,8H2,1H3,(H,15,16). The third-order valence-corrected chi connectivity index (χ3v) is 2.84. The van der Waals surface area contributed by atoms with E-state index in [1.807, 2.05) is 6.92 Å². The van der Waals surface area contributed by atoms with Gasteiger partial charge in [-0.15, -0.1) is 0 Å². The Morgan fingerprint density at radius 3 is 2.75 bits per heavy atom. The van der Waals surface area contributed by atoms with E-state index in [0.717, 1.165) is 31.0 Å². The lowest BCUT2D eigenvalue weighted by molar-refractivity contribution is 0.0696. The van der Waals surface area contributed by atoms with Crippen LogP contribution in [0.25, 0.3) is 0 Å². The molecule has 4 heteroatoms. The molecule has 4 nitrogen and oxygen atoms in total. The zero-order valence-electron chi connectivity index (χ0n) is 9.44. The minimum absolute atomic E-state index is 0.335. The molecule has 0 amide bonds. The highest BCUT2D eigenvalue weighted by atomic mass is 16.4. The lowest BCUT2D eigenvalue weighted by atomic mass is 10.2. The fraction of sp³-hybridized carbons (Fsp3) is 0.500. The number of pyridine rings is 1. The van der Waals surface area contributed by atoms with E-state index in [1.165, 1.54) is 12.8 Å². The lowest BCUT2D eigenvalue weighted by Crippen LogP contribution is -2.19. The number of rotatable bonds is 3. The summed E-state index contributed by atoms with van der Waals surface area (Å²) in [5.41, 5.74) is 1.97. The summed E-state index contributed by atoms with van der Waals surface area (Å²) in [6.45, 7) is 4.79. The Morgan fingerprint density at radius 2 is 2.12 bits per heavy atom. The van der Waals surface area contributed by atoms with Crippen LogP contribution in [0.5, 0.6) is 0 Å². The van der Waals surface area contributed by atoms with Crippen LogP contribution in [0.4, 0.5) is 0 Å². The first-order valence-electron chi connectivity index (χ1n) is 5.58. The number of carboxylic acids is 1. The Kier molecular flexibility index (Phi) is 3.19. The third kappa shape index (κ3) is 2.58. The summed E-state index contributed by atoms with van der Waals surface area (Å²) in [6.07, 6.45) is 2.47. The second-order valence-electron chi connectivity index (χ2n) is 4.28. The maximum atomic E-state index is 10.9. The maximum Gasteiger partial charge on any atom is 0.335 e. The number of aromatic carboxylic acids is 1. The highest BCUT2D eigenvalue weighted by molar-refractivity contribution is 5.87. The van der Waals surface area contributed by atoms with Crippen LogP contribution < -0.4 is 0 Å². The maximum absolute atomic E-state index is 10.9. The molecule has 1 aliphatic rings. The smallest absolute Gasteiger partial charge is 0.335 e. The number of aryl methyl sites for hydroxylation is 1. The summed E-state index contributed by atoms with van der Waals surface area (Å²) in [4.78, 5) is 17.6. The molecule has 1 aliphatic heterocycles. The first kappa shape index (κ1) is 11.1. The van der Waals surface area contributed by atoms with Crippen molar-refractivity contribution >= 4 is 5.97 Å². The molecule has 1 saturated heterocycles. The molecule has 86 valence electrons. The lowest BCUT2D eigenvalue weighted by Gasteiger charge is -2.14. The van der Waals surface area contributed by atoms with Gasteiger partial charge in [-0.2, -0.15) is 0 Å². The van der Waals surface area contributed by atoms with Gasteiger partial charge in [-0.25, -0.2) is 4.79 Å². The van der Waals surface area contributed by atoms with Gasteiger partial charge in [-0.3, -0.25) is 9.88 Å². The molecule has 2 heterocycles. The summed E-state index contributed by atoms with van der Waals surface area (Å²) in [7, 11) is 0. The van der Waals surface area contributed by atoms with Crippen LogP contribution in [-0.4, -0.2) is 34.0 Å². The quantitative estimate of drug-likeness (QED) is 0.842.